The van der Waals surface area contributed by atoms with Crippen LogP contribution in [0.25, 0.3) is 0 Å². The molecule has 0 aromatic heterocycles. The third-order valence-corrected chi connectivity index (χ3v) is 5.46. The maximum Gasteiger partial charge on any atom is 0.243 e. The molecule has 3 rings (SSSR count). The fourth-order valence-electron chi connectivity index (χ4n) is 3.79. The molecule has 1 aliphatic rings. The van der Waals surface area contributed by atoms with Crippen LogP contribution in [0.4, 0.5) is 4.39 Å². The number of nitriles is 1. The van der Waals surface area contributed by atoms with Crippen LogP contribution >= 0.6 is 0 Å². The van der Waals surface area contributed by atoms with Crippen molar-refractivity contribution in [2.75, 3.05) is 6.54 Å². The molecule has 1 aliphatic heterocycles. The Morgan fingerprint density at radius 3 is 2.30 bits per heavy atom. The number of hydrogen-bond acceptors (Lipinski definition) is 3. The first-order valence-electron chi connectivity index (χ1n) is 10.2. The van der Waals surface area contributed by atoms with Crippen LogP contribution in [0.2, 0.25) is 0 Å². The van der Waals surface area contributed by atoms with Crippen molar-refractivity contribution in [2.24, 2.45) is 0 Å². The van der Waals surface area contributed by atoms with Crippen LogP contribution in [0.3, 0.4) is 0 Å². The number of rotatable bonds is 6. The summed E-state index contributed by atoms with van der Waals surface area (Å²) in [4.78, 5) is 26.5. The molecule has 1 heterocycles. The van der Waals surface area contributed by atoms with Gasteiger partial charge >= 0.3 is 0 Å². The number of nitrogens with one attached hydrogen (secondary N) is 1. The summed E-state index contributed by atoms with van der Waals surface area (Å²) in [5, 5.41) is 11.8. The van der Waals surface area contributed by atoms with Gasteiger partial charge in [-0.05, 0) is 22.6 Å². The average molecular weight is 407 g/mol. The van der Waals surface area contributed by atoms with E-state index in [2.05, 4.69) is 19.2 Å². The van der Waals surface area contributed by atoms with Gasteiger partial charge in [-0.1, -0.05) is 68.4 Å². The Hall–Kier alpha value is -3.20. The fraction of sp³-hybridized carbons (Fsp3) is 0.375. The molecule has 6 heteroatoms. The van der Waals surface area contributed by atoms with E-state index in [0.29, 0.717) is 5.92 Å². The summed E-state index contributed by atoms with van der Waals surface area (Å²) in [5.74, 6) is -0.540. The predicted octanol–water partition coefficient (Wildman–Crippen LogP) is 3.87. The topological polar surface area (TPSA) is 73.2 Å². The number of carbonyl (C=O) groups is 2. The third kappa shape index (κ3) is 4.85. The lowest BCUT2D eigenvalue weighted by Crippen LogP contribution is -2.47. The summed E-state index contributed by atoms with van der Waals surface area (Å²) in [6, 6.07) is 18.0. The standard InChI is InChI=1S/C24H26FN3O2/c1-16(2)17-8-10-19(11-9-17)23(18-6-4-3-5-7-18)27-24(30)21-14-20(25)15-28(21)22(29)12-13-26/h3-11,16,20-21,23H,12,14-15H2,1-2H3,(H,27,30). The molecule has 3 unspecified atom stereocenters. The quantitative estimate of drug-likeness (QED) is 0.790. The normalized spacial score (nSPS) is 19.4. The Balaban J connectivity index is 1.87. The first-order chi connectivity index (χ1) is 14.4. The van der Waals surface area contributed by atoms with Crippen molar-refractivity contribution in [2.45, 2.75) is 50.9 Å². The highest BCUT2D eigenvalue weighted by Crippen LogP contribution is 2.27. The monoisotopic (exact) mass is 407 g/mol. The number of amides is 2. The van der Waals surface area contributed by atoms with E-state index in [9.17, 15) is 14.0 Å². The van der Waals surface area contributed by atoms with Crippen LogP contribution in [0.15, 0.2) is 54.6 Å². The molecule has 3 atom stereocenters. The highest BCUT2D eigenvalue weighted by atomic mass is 19.1. The second-order valence-electron chi connectivity index (χ2n) is 7.90. The summed E-state index contributed by atoms with van der Waals surface area (Å²) in [6.45, 7) is 4.08. The number of nitrogens with zero attached hydrogens (tertiary/aromatic N) is 2. The van der Waals surface area contributed by atoms with Gasteiger partial charge in [0, 0.05) is 6.42 Å². The van der Waals surface area contributed by atoms with E-state index in [1.807, 2.05) is 54.6 Å². The summed E-state index contributed by atoms with van der Waals surface area (Å²) < 4.78 is 14.0. The second kappa shape index (κ2) is 9.53. The van der Waals surface area contributed by atoms with Crippen molar-refractivity contribution < 1.29 is 14.0 Å². The summed E-state index contributed by atoms with van der Waals surface area (Å²) >= 11 is 0. The molecule has 5 nitrogen and oxygen atoms in total. The minimum atomic E-state index is -1.27. The van der Waals surface area contributed by atoms with E-state index >= 15 is 0 Å². The van der Waals surface area contributed by atoms with Gasteiger partial charge in [0.05, 0.1) is 18.7 Å². The molecule has 1 fully saturated rings. The molecular formula is C24H26FN3O2. The Morgan fingerprint density at radius 2 is 1.70 bits per heavy atom. The van der Waals surface area contributed by atoms with Gasteiger partial charge in [-0.2, -0.15) is 5.26 Å². The number of carbonyl (C=O) groups excluding carboxylic acids is 2. The van der Waals surface area contributed by atoms with Gasteiger partial charge in [-0.25, -0.2) is 4.39 Å². The SMILES string of the molecule is CC(C)c1ccc(C(NC(=O)C2CC(F)CN2C(=O)CC#N)c2ccccc2)cc1. The maximum atomic E-state index is 14.0. The van der Waals surface area contributed by atoms with Crippen molar-refractivity contribution in [3.8, 4) is 6.07 Å². The Labute approximate surface area is 176 Å². The molecule has 0 saturated carbocycles. The molecular weight excluding hydrogens is 381 g/mol. The fourth-order valence-corrected chi connectivity index (χ4v) is 3.79. The number of alkyl halides is 1. The van der Waals surface area contributed by atoms with Crippen molar-refractivity contribution in [1.82, 2.24) is 10.2 Å². The highest BCUT2D eigenvalue weighted by molar-refractivity contribution is 5.89. The molecule has 0 radical (unpaired) electrons. The molecule has 30 heavy (non-hydrogen) atoms. The number of halogens is 1. The van der Waals surface area contributed by atoms with Crippen molar-refractivity contribution >= 4 is 11.8 Å². The lowest BCUT2D eigenvalue weighted by molar-refractivity contribution is -0.138. The number of hydrogen-bond donors (Lipinski definition) is 1. The van der Waals surface area contributed by atoms with Crippen LogP contribution in [0, 0.1) is 11.3 Å². The average Bonchev–Trinajstić information content (AvgIpc) is 3.15. The molecule has 156 valence electrons. The van der Waals surface area contributed by atoms with E-state index in [4.69, 9.17) is 5.26 Å². The minimum absolute atomic E-state index is 0.0587. The smallest absolute Gasteiger partial charge is 0.243 e. The molecule has 2 aromatic carbocycles. The largest absolute Gasteiger partial charge is 0.343 e. The lowest BCUT2D eigenvalue weighted by atomic mass is 9.95. The Kier molecular flexibility index (Phi) is 6.83. The van der Waals surface area contributed by atoms with Gasteiger partial charge in [0.25, 0.3) is 0 Å². The first kappa shape index (κ1) is 21.5. The van der Waals surface area contributed by atoms with Gasteiger partial charge < -0.3 is 10.2 Å². The van der Waals surface area contributed by atoms with Crippen molar-refractivity contribution in [1.29, 1.82) is 5.26 Å². The first-order valence-corrected chi connectivity index (χ1v) is 10.2. The molecule has 0 aliphatic carbocycles. The van der Waals surface area contributed by atoms with Crippen LogP contribution < -0.4 is 5.32 Å². The van der Waals surface area contributed by atoms with E-state index in [1.54, 1.807) is 6.07 Å². The summed E-state index contributed by atoms with van der Waals surface area (Å²) in [7, 11) is 0. The Bertz CT molecular complexity index is 922. The predicted molar refractivity (Wildman–Crippen MR) is 112 cm³/mol. The van der Waals surface area contributed by atoms with Gasteiger partial charge in [-0.15, -0.1) is 0 Å². The highest BCUT2D eigenvalue weighted by Gasteiger charge is 2.40. The van der Waals surface area contributed by atoms with E-state index < -0.39 is 30.1 Å². The number of likely N-dealkylation sites (tertiary alicyclic amines) is 1. The minimum Gasteiger partial charge on any atom is -0.343 e. The van der Waals surface area contributed by atoms with Crippen molar-refractivity contribution in [3.05, 3.63) is 71.3 Å². The Morgan fingerprint density at radius 1 is 1.10 bits per heavy atom. The maximum absolute atomic E-state index is 14.0. The zero-order valence-electron chi connectivity index (χ0n) is 17.2. The van der Waals surface area contributed by atoms with Gasteiger partial charge in [0.15, 0.2) is 0 Å². The molecule has 1 N–H and O–H groups in total. The van der Waals surface area contributed by atoms with E-state index in [1.165, 1.54) is 10.5 Å². The summed E-state index contributed by atoms with van der Waals surface area (Å²) in [5.41, 5.74) is 3.00. The summed E-state index contributed by atoms with van der Waals surface area (Å²) in [6.07, 6.45) is -1.70. The van der Waals surface area contributed by atoms with Crippen LogP contribution in [0.5, 0.6) is 0 Å². The zero-order valence-corrected chi connectivity index (χ0v) is 17.2. The van der Waals surface area contributed by atoms with Gasteiger partial charge in [0.1, 0.15) is 18.6 Å². The van der Waals surface area contributed by atoms with Gasteiger partial charge in [-0.3, -0.25) is 9.59 Å². The molecule has 0 spiro atoms. The molecule has 0 bridgehead atoms. The van der Waals surface area contributed by atoms with Crippen LogP contribution in [-0.2, 0) is 9.59 Å². The van der Waals surface area contributed by atoms with Gasteiger partial charge in [0.2, 0.25) is 11.8 Å². The van der Waals surface area contributed by atoms with E-state index in [-0.39, 0.29) is 19.4 Å². The lowest BCUT2D eigenvalue weighted by Gasteiger charge is -2.26. The van der Waals surface area contributed by atoms with Crippen LogP contribution in [-0.4, -0.2) is 35.5 Å². The molecule has 1 saturated heterocycles. The van der Waals surface area contributed by atoms with Crippen LogP contribution in [0.1, 0.15) is 55.3 Å². The molecule has 2 aromatic rings. The zero-order chi connectivity index (χ0) is 21.7. The van der Waals surface area contributed by atoms with Crippen molar-refractivity contribution in [3.63, 3.8) is 0 Å². The molecule has 2 amide bonds. The third-order valence-electron chi connectivity index (χ3n) is 5.46. The number of benzene rings is 2. The van der Waals surface area contributed by atoms with E-state index in [0.717, 1.165) is 11.1 Å². The second-order valence-corrected chi connectivity index (χ2v) is 7.90.